The van der Waals surface area contributed by atoms with Crippen LogP contribution in [-0.2, 0) is 4.79 Å². The smallest absolute Gasteiger partial charge is 0.231 e. The number of ether oxygens (including phenoxy) is 1. The molecule has 0 N–H and O–H groups in total. The second-order valence-electron chi connectivity index (χ2n) is 7.82. The third-order valence-corrected chi connectivity index (χ3v) is 5.36. The van der Waals surface area contributed by atoms with Gasteiger partial charge in [0.05, 0.1) is 19.2 Å². The highest BCUT2D eigenvalue weighted by molar-refractivity contribution is 5.93. The Morgan fingerprint density at radius 1 is 1.07 bits per heavy atom. The molecule has 1 aliphatic rings. The van der Waals surface area contributed by atoms with Crippen LogP contribution < -0.4 is 9.64 Å². The molecule has 150 valence electrons. The summed E-state index contributed by atoms with van der Waals surface area (Å²) in [5, 5.41) is 4.48. The van der Waals surface area contributed by atoms with Crippen LogP contribution in [0.5, 0.6) is 5.75 Å². The summed E-state index contributed by atoms with van der Waals surface area (Å²) in [4.78, 5) is 19.5. The molecule has 6 nitrogen and oxygen atoms in total. The Bertz CT molecular complexity index is 966. The molecule has 1 amide bonds. The second-order valence-corrected chi connectivity index (χ2v) is 7.82. The van der Waals surface area contributed by atoms with Crippen LogP contribution in [0.25, 0.3) is 0 Å². The standard InChI is InChI=1S/C23H26N4O2/c1-16(2)13-22(28)26-20(17-7-5-4-6-8-17)14-21(27-23(26)24-15-25-27)18-9-11-19(29-3)12-10-18/h4-12,15-16,20-21H,13-14H2,1-3H3/t20-,21-/m0/s1. The van der Waals surface area contributed by atoms with E-state index < -0.39 is 0 Å². The van der Waals surface area contributed by atoms with Gasteiger partial charge < -0.3 is 4.74 Å². The lowest BCUT2D eigenvalue weighted by Crippen LogP contribution is -2.43. The average Bonchev–Trinajstić information content (AvgIpc) is 3.22. The van der Waals surface area contributed by atoms with Gasteiger partial charge >= 0.3 is 0 Å². The van der Waals surface area contributed by atoms with Gasteiger partial charge in [-0.3, -0.25) is 9.69 Å². The quantitative estimate of drug-likeness (QED) is 0.648. The first-order valence-electron chi connectivity index (χ1n) is 9.99. The molecule has 0 saturated heterocycles. The predicted molar refractivity (Wildman–Crippen MR) is 112 cm³/mol. The van der Waals surface area contributed by atoms with Crippen molar-refractivity contribution >= 4 is 11.9 Å². The summed E-state index contributed by atoms with van der Waals surface area (Å²) in [6.45, 7) is 4.12. The van der Waals surface area contributed by atoms with Gasteiger partial charge in [0.1, 0.15) is 12.1 Å². The zero-order valence-corrected chi connectivity index (χ0v) is 17.0. The van der Waals surface area contributed by atoms with Crippen molar-refractivity contribution in [2.45, 2.75) is 38.8 Å². The van der Waals surface area contributed by atoms with E-state index in [1.165, 1.54) is 6.33 Å². The molecular formula is C23H26N4O2. The number of benzene rings is 2. The van der Waals surface area contributed by atoms with Crippen LogP contribution in [0, 0.1) is 5.92 Å². The molecule has 0 radical (unpaired) electrons. The van der Waals surface area contributed by atoms with Gasteiger partial charge in [0.15, 0.2) is 0 Å². The normalized spacial score (nSPS) is 18.6. The summed E-state index contributed by atoms with van der Waals surface area (Å²) < 4.78 is 7.17. The Hall–Kier alpha value is -3.15. The fourth-order valence-electron chi connectivity index (χ4n) is 3.99. The van der Waals surface area contributed by atoms with Crippen molar-refractivity contribution in [3.05, 3.63) is 72.1 Å². The van der Waals surface area contributed by atoms with E-state index in [1.54, 1.807) is 7.11 Å². The largest absolute Gasteiger partial charge is 0.497 e. The number of aromatic nitrogens is 3. The molecule has 2 heterocycles. The number of carbonyl (C=O) groups excluding carboxylic acids is 1. The summed E-state index contributed by atoms with van der Waals surface area (Å²) in [5.74, 6) is 1.78. The fraction of sp³-hybridized carbons (Fsp3) is 0.348. The maximum atomic E-state index is 13.2. The highest BCUT2D eigenvalue weighted by Gasteiger charge is 2.39. The van der Waals surface area contributed by atoms with E-state index >= 15 is 0 Å². The number of methoxy groups -OCH3 is 1. The minimum Gasteiger partial charge on any atom is -0.497 e. The minimum atomic E-state index is -0.0914. The maximum Gasteiger partial charge on any atom is 0.231 e. The van der Waals surface area contributed by atoms with E-state index in [-0.39, 0.29) is 23.9 Å². The number of amides is 1. The van der Waals surface area contributed by atoms with Crippen molar-refractivity contribution in [3.8, 4) is 5.75 Å². The summed E-state index contributed by atoms with van der Waals surface area (Å²) in [6.07, 6.45) is 2.74. The van der Waals surface area contributed by atoms with Crippen LogP contribution in [0.3, 0.4) is 0 Å². The van der Waals surface area contributed by atoms with Crippen molar-refractivity contribution in [3.63, 3.8) is 0 Å². The second kappa shape index (κ2) is 8.07. The summed E-state index contributed by atoms with van der Waals surface area (Å²) >= 11 is 0. The number of anilines is 1. The van der Waals surface area contributed by atoms with E-state index in [2.05, 4.69) is 48.2 Å². The van der Waals surface area contributed by atoms with Gasteiger partial charge in [0.25, 0.3) is 0 Å². The van der Waals surface area contributed by atoms with Crippen LogP contribution in [0.4, 0.5) is 5.95 Å². The van der Waals surface area contributed by atoms with E-state index in [9.17, 15) is 4.79 Å². The molecule has 3 aromatic rings. The van der Waals surface area contributed by atoms with Gasteiger partial charge in [-0.15, -0.1) is 0 Å². The minimum absolute atomic E-state index is 0.00767. The van der Waals surface area contributed by atoms with Crippen LogP contribution in [0.15, 0.2) is 60.9 Å². The van der Waals surface area contributed by atoms with E-state index in [0.29, 0.717) is 12.4 Å². The molecule has 0 unspecified atom stereocenters. The number of nitrogens with zero attached hydrogens (tertiary/aromatic N) is 4. The van der Waals surface area contributed by atoms with Crippen molar-refractivity contribution in [2.24, 2.45) is 5.92 Å². The van der Waals surface area contributed by atoms with Gasteiger partial charge in [-0.1, -0.05) is 56.3 Å². The molecule has 0 spiro atoms. The summed E-state index contributed by atoms with van der Waals surface area (Å²) in [5.41, 5.74) is 2.23. The average molecular weight is 390 g/mol. The van der Waals surface area contributed by atoms with Crippen molar-refractivity contribution in [2.75, 3.05) is 12.0 Å². The first-order valence-corrected chi connectivity index (χ1v) is 9.99. The molecule has 2 atom stereocenters. The fourth-order valence-corrected chi connectivity index (χ4v) is 3.99. The molecule has 0 saturated carbocycles. The molecule has 2 aromatic carbocycles. The molecule has 0 bridgehead atoms. The zero-order valence-electron chi connectivity index (χ0n) is 17.0. The Balaban J connectivity index is 1.79. The van der Waals surface area contributed by atoms with Gasteiger partial charge in [0.2, 0.25) is 11.9 Å². The van der Waals surface area contributed by atoms with Gasteiger partial charge in [-0.2, -0.15) is 10.1 Å². The molecule has 1 aromatic heterocycles. The Labute approximate surface area is 171 Å². The number of fused-ring (bicyclic) bond motifs is 1. The van der Waals surface area contributed by atoms with Crippen LogP contribution in [0.2, 0.25) is 0 Å². The van der Waals surface area contributed by atoms with E-state index in [1.807, 2.05) is 39.9 Å². The third-order valence-electron chi connectivity index (χ3n) is 5.36. The number of rotatable bonds is 5. The van der Waals surface area contributed by atoms with Gasteiger partial charge in [0, 0.05) is 6.42 Å². The van der Waals surface area contributed by atoms with Gasteiger partial charge in [-0.05, 0) is 35.6 Å². The van der Waals surface area contributed by atoms with Crippen molar-refractivity contribution in [1.82, 2.24) is 14.8 Å². The predicted octanol–water partition coefficient (Wildman–Crippen LogP) is 4.40. The molecule has 1 aliphatic heterocycles. The van der Waals surface area contributed by atoms with Crippen molar-refractivity contribution in [1.29, 1.82) is 0 Å². The molecular weight excluding hydrogens is 364 g/mol. The number of hydrogen-bond acceptors (Lipinski definition) is 4. The van der Waals surface area contributed by atoms with Crippen LogP contribution in [-0.4, -0.2) is 27.8 Å². The SMILES string of the molecule is COc1ccc([C@@H]2C[C@@H](c3ccccc3)N(C(=O)CC(C)C)c3ncnn32)cc1. The highest BCUT2D eigenvalue weighted by atomic mass is 16.5. The Morgan fingerprint density at radius 2 is 1.76 bits per heavy atom. The number of carbonyl (C=O) groups is 1. The molecule has 0 fully saturated rings. The first kappa shape index (κ1) is 19.2. The molecule has 29 heavy (non-hydrogen) atoms. The number of hydrogen-bond donors (Lipinski definition) is 0. The Morgan fingerprint density at radius 3 is 2.41 bits per heavy atom. The lowest BCUT2D eigenvalue weighted by Gasteiger charge is -2.39. The monoisotopic (exact) mass is 390 g/mol. The van der Waals surface area contributed by atoms with Gasteiger partial charge in [-0.25, -0.2) is 4.68 Å². The topological polar surface area (TPSA) is 60.2 Å². The van der Waals surface area contributed by atoms with Crippen LogP contribution >= 0.6 is 0 Å². The molecule has 4 rings (SSSR count). The van der Waals surface area contributed by atoms with E-state index in [4.69, 9.17) is 4.74 Å². The maximum absolute atomic E-state index is 13.2. The first-order chi connectivity index (χ1) is 14.1. The highest BCUT2D eigenvalue weighted by Crippen LogP contribution is 2.42. The zero-order chi connectivity index (χ0) is 20.4. The third kappa shape index (κ3) is 3.75. The molecule has 6 heteroatoms. The summed E-state index contributed by atoms with van der Waals surface area (Å²) in [7, 11) is 1.66. The Kier molecular flexibility index (Phi) is 5.34. The van der Waals surface area contributed by atoms with Crippen LogP contribution in [0.1, 0.15) is 49.9 Å². The summed E-state index contributed by atoms with van der Waals surface area (Å²) in [6, 6.07) is 18.1. The molecule has 0 aliphatic carbocycles. The lowest BCUT2D eigenvalue weighted by atomic mass is 9.91. The van der Waals surface area contributed by atoms with Crippen molar-refractivity contribution < 1.29 is 9.53 Å². The van der Waals surface area contributed by atoms with E-state index in [0.717, 1.165) is 23.3 Å². The lowest BCUT2D eigenvalue weighted by molar-refractivity contribution is -0.120.